The third-order valence-corrected chi connectivity index (χ3v) is 8.02. The molecule has 2 aliphatic heterocycles. The van der Waals surface area contributed by atoms with Gasteiger partial charge in [0.15, 0.2) is 0 Å². The van der Waals surface area contributed by atoms with Crippen LogP contribution in [0.3, 0.4) is 0 Å². The minimum atomic E-state index is -4.07. The average Bonchev–Trinajstić information content (AvgIpc) is 3.23. The molecule has 2 fully saturated rings. The predicted octanol–water partition coefficient (Wildman–Crippen LogP) is 4.72. The van der Waals surface area contributed by atoms with E-state index in [2.05, 4.69) is 4.72 Å². The first kappa shape index (κ1) is 24.4. The fraction of sp³-hybridized carbons (Fsp3) is 0.296. The highest BCUT2D eigenvalue weighted by Gasteiger charge is 2.52. The molecule has 2 unspecified atom stereocenters. The van der Waals surface area contributed by atoms with Crippen LogP contribution in [0.2, 0.25) is 0 Å². The van der Waals surface area contributed by atoms with Crippen molar-refractivity contribution in [3.8, 4) is 11.5 Å². The second kappa shape index (κ2) is 10.0. The topological polar surface area (TPSA) is 90.9 Å². The van der Waals surface area contributed by atoms with Gasteiger partial charge >= 0.3 is 5.97 Å². The van der Waals surface area contributed by atoms with E-state index in [9.17, 15) is 17.6 Å². The molecule has 1 N–H and O–H groups in total. The Bertz CT molecular complexity index is 1300. The number of halogens is 1. The van der Waals surface area contributed by atoms with Crippen LogP contribution in [0.4, 0.5) is 4.39 Å². The number of hydrogen-bond donors (Lipinski definition) is 1. The average molecular weight is 512 g/mol. The van der Waals surface area contributed by atoms with Crippen LogP contribution in [0.1, 0.15) is 31.2 Å². The summed E-state index contributed by atoms with van der Waals surface area (Å²) in [5, 5.41) is 0. The van der Waals surface area contributed by atoms with E-state index >= 15 is 0 Å². The summed E-state index contributed by atoms with van der Waals surface area (Å²) in [5.41, 5.74) is -0.600. The number of fused-ring (bicyclic) bond motifs is 2. The standard InChI is InChI=1S/C27H26FNO6S/c28-20-6-8-21(9-7-20)34-22-12-14-25(15-13-22)36(31,32)29-27(16-23-10-11-24(17-27)35-23)26(30)33-18-19-4-2-1-3-5-19/h1-9,12-15,23-24,29H,10-11,16-18H2. The van der Waals surface area contributed by atoms with Crippen LogP contribution in [0.15, 0.2) is 83.8 Å². The fourth-order valence-electron chi connectivity index (χ4n) is 4.74. The number of nitrogens with one attached hydrogen (secondary N) is 1. The first-order valence-corrected chi connectivity index (χ1v) is 13.2. The maximum absolute atomic E-state index is 13.4. The van der Waals surface area contributed by atoms with E-state index in [1.165, 1.54) is 48.5 Å². The summed E-state index contributed by atoms with van der Waals surface area (Å²) in [6.45, 7) is 0.0504. The molecule has 0 radical (unpaired) electrons. The van der Waals surface area contributed by atoms with Gasteiger partial charge in [0, 0.05) is 12.8 Å². The van der Waals surface area contributed by atoms with Crippen LogP contribution in [-0.2, 0) is 30.9 Å². The highest BCUT2D eigenvalue weighted by Crippen LogP contribution is 2.40. The molecule has 188 valence electrons. The van der Waals surface area contributed by atoms with Crippen molar-refractivity contribution in [1.29, 1.82) is 0 Å². The molecule has 0 aromatic heterocycles. The number of carbonyl (C=O) groups is 1. The largest absolute Gasteiger partial charge is 0.459 e. The summed E-state index contributed by atoms with van der Waals surface area (Å²) in [5.74, 6) is -0.177. The normalized spacial score (nSPS) is 23.2. The lowest BCUT2D eigenvalue weighted by molar-refractivity contribution is -0.159. The molecule has 2 aliphatic rings. The summed E-state index contributed by atoms with van der Waals surface area (Å²) < 4.78 is 59.7. The van der Waals surface area contributed by atoms with Gasteiger partial charge in [0.1, 0.15) is 29.5 Å². The van der Waals surface area contributed by atoms with Crippen molar-refractivity contribution in [2.24, 2.45) is 0 Å². The monoisotopic (exact) mass is 511 g/mol. The third-order valence-electron chi connectivity index (χ3n) is 6.46. The Labute approximate surface area is 209 Å². The molecule has 2 atom stereocenters. The number of benzene rings is 3. The predicted molar refractivity (Wildman–Crippen MR) is 129 cm³/mol. The molecule has 0 aliphatic carbocycles. The molecule has 7 nitrogen and oxygen atoms in total. The van der Waals surface area contributed by atoms with Gasteiger partial charge in [-0.05, 0) is 66.9 Å². The molecular weight excluding hydrogens is 485 g/mol. The lowest BCUT2D eigenvalue weighted by Gasteiger charge is -2.38. The van der Waals surface area contributed by atoms with Crippen molar-refractivity contribution >= 4 is 16.0 Å². The SMILES string of the molecule is O=C(OCc1ccccc1)C1(NS(=O)(=O)c2ccc(Oc3ccc(F)cc3)cc2)CC2CCC(C1)O2. The molecule has 2 heterocycles. The van der Waals surface area contributed by atoms with E-state index in [1.54, 1.807) is 0 Å². The maximum Gasteiger partial charge on any atom is 0.327 e. The van der Waals surface area contributed by atoms with Crippen LogP contribution in [0.5, 0.6) is 11.5 Å². The van der Waals surface area contributed by atoms with Crippen molar-refractivity contribution in [3.05, 3.63) is 90.2 Å². The van der Waals surface area contributed by atoms with Crippen molar-refractivity contribution < 1.29 is 31.8 Å². The van der Waals surface area contributed by atoms with Crippen LogP contribution in [-0.4, -0.2) is 32.1 Å². The van der Waals surface area contributed by atoms with Gasteiger partial charge in [-0.2, -0.15) is 4.72 Å². The molecular formula is C27H26FNO6S. The number of ether oxygens (including phenoxy) is 3. The first-order valence-electron chi connectivity index (χ1n) is 11.8. The molecule has 36 heavy (non-hydrogen) atoms. The number of esters is 1. The van der Waals surface area contributed by atoms with Gasteiger partial charge in [0.05, 0.1) is 17.1 Å². The van der Waals surface area contributed by atoms with E-state index in [1.807, 2.05) is 30.3 Å². The highest BCUT2D eigenvalue weighted by atomic mass is 32.2. The quantitative estimate of drug-likeness (QED) is 0.440. The summed E-state index contributed by atoms with van der Waals surface area (Å²) in [6.07, 6.45) is 1.55. The molecule has 2 saturated heterocycles. The van der Waals surface area contributed by atoms with Crippen molar-refractivity contribution in [3.63, 3.8) is 0 Å². The van der Waals surface area contributed by atoms with Crippen molar-refractivity contribution in [1.82, 2.24) is 4.72 Å². The summed E-state index contributed by atoms with van der Waals surface area (Å²) >= 11 is 0. The molecule has 9 heteroatoms. The van der Waals surface area contributed by atoms with Crippen LogP contribution in [0.25, 0.3) is 0 Å². The van der Waals surface area contributed by atoms with E-state index in [0.717, 1.165) is 18.4 Å². The van der Waals surface area contributed by atoms with E-state index in [-0.39, 0.29) is 42.4 Å². The smallest absolute Gasteiger partial charge is 0.327 e. The van der Waals surface area contributed by atoms with Gasteiger partial charge in [-0.15, -0.1) is 0 Å². The van der Waals surface area contributed by atoms with E-state index in [0.29, 0.717) is 11.5 Å². The first-order chi connectivity index (χ1) is 17.3. The van der Waals surface area contributed by atoms with Gasteiger partial charge < -0.3 is 14.2 Å². The lowest BCUT2D eigenvalue weighted by atomic mass is 9.87. The van der Waals surface area contributed by atoms with Crippen molar-refractivity contribution in [2.75, 3.05) is 0 Å². The minimum Gasteiger partial charge on any atom is -0.459 e. The van der Waals surface area contributed by atoms with E-state index in [4.69, 9.17) is 14.2 Å². The zero-order valence-corrected chi connectivity index (χ0v) is 20.2. The number of rotatable bonds is 8. The van der Waals surface area contributed by atoms with Gasteiger partial charge in [-0.25, -0.2) is 12.8 Å². The summed E-state index contributed by atoms with van der Waals surface area (Å²) in [4.78, 5) is 13.3. The zero-order chi connectivity index (χ0) is 25.2. The van der Waals surface area contributed by atoms with Crippen LogP contribution in [0, 0.1) is 5.82 Å². The van der Waals surface area contributed by atoms with Gasteiger partial charge in [-0.1, -0.05) is 30.3 Å². The highest BCUT2D eigenvalue weighted by molar-refractivity contribution is 7.89. The van der Waals surface area contributed by atoms with Crippen molar-refractivity contribution in [2.45, 2.75) is 54.9 Å². The third kappa shape index (κ3) is 5.43. The zero-order valence-electron chi connectivity index (χ0n) is 19.4. The Kier molecular flexibility index (Phi) is 6.79. The minimum absolute atomic E-state index is 0.0111. The van der Waals surface area contributed by atoms with Gasteiger partial charge in [0.2, 0.25) is 10.0 Å². The summed E-state index contributed by atoms with van der Waals surface area (Å²) in [7, 11) is -4.07. The molecule has 3 aromatic carbocycles. The second-order valence-corrected chi connectivity index (χ2v) is 10.8. The molecule has 0 spiro atoms. The molecule has 5 rings (SSSR count). The van der Waals surface area contributed by atoms with Gasteiger partial charge in [-0.3, -0.25) is 4.79 Å². The lowest BCUT2D eigenvalue weighted by Crippen LogP contribution is -2.59. The number of hydrogen-bond acceptors (Lipinski definition) is 6. The fourth-order valence-corrected chi connectivity index (χ4v) is 6.11. The number of carbonyl (C=O) groups excluding carboxylic acids is 1. The van der Waals surface area contributed by atoms with Crippen LogP contribution >= 0.6 is 0 Å². The Morgan fingerprint density at radius 2 is 1.50 bits per heavy atom. The Morgan fingerprint density at radius 3 is 2.11 bits per heavy atom. The molecule has 0 amide bonds. The maximum atomic E-state index is 13.4. The van der Waals surface area contributed by atoms with E-state index < -0.39 is 21.5 Å². The van der Waals surface area contributed by atoms with Crippen LogP contribution < -0.4 is 9.46 Å². The molecule has 0 saturated carbocycles. The Morgan fingerprint density at radius 1 is 0.917 bits per heavy atom. The summed E-state index contributed by atoms with van der Waals surface area (Å²) in [6, 6.07) is 20.6. The molecule has 3 aromatic rings. The Balaban J connectivity index is 1.34. The number of sulfonamides is 1. The molecule has 2 bridgehead atoms. The van der Waals surface area contributed by atoms with Gasteiger partial charge in [0.25, 0.3) is 0 Å². The Hall–Kier alpha value is -3.27. The second-order valence-electron chi connectivity index (χ2n) is 9.14.